The van der Waals surface area contributed by atoms with Crippen LogP contribution in [-0.2, 0) is 14.8 Å². The number of hydrogen-bond donors (Lipinski definition) is 0. The molecule has 1 heterocycles. The number of aryl methyl sites for hydroxylation is 1. The molecule has 0 unspecified atom stereocenters. The van der Waals surface area contributed by atoms with E-state index in [2.05, 4.69) is 4.74 Å². The quantitative estimate of drug-likeness (QED) is 0.626. The van der Waals surface area contributed by atoms with Crippen molar-refractivity contribution in [3.63, 3.8) is 0 Å². The maximum atomic E-state index is 12.9. The summed E-state index contributed by atoms with van der Waals surface area (Å²) >= 11 is 0. The molecular weight excluding hydrogens is 445 g/mol. The molecule has 3 rings (SSSR count). The normalized spacial score (nSPS) is 16.2. The van der Waals surface area contributed by atoms with E-state index < -0.39 is 16.4 Å². The monoisotopic (exact) mass is 468 g/mol. The van der Waals surface area contributed by atoms with Crippen LogP contribution in [0.25, 0.3) is 6.08 Å². The van der Waals surface area contributed by atoms with Crippen LogP contribution in [-0.4, -0.2) is 56.1 Å². The van der Waals surface area contributed by atoms with Crippen molar-refractivity contribution in [3.8, 4) is 5.75 Å². The van der Waals surface area contributed by atoms with E-state index in [4.69, 9.17) is 0 Å². The Balaban J connectivity index is 1.60. The molecule has 1 aliphatic heterocycles. The second kappa shape index (κ2) is 9.74. The molecule has 0 aromatic heterocycles. The Kier molecular flexibility index (Phi) is 7.25. The van der Waals surface area contributed by atoms with E-state index in [1.54, 1.807) is 29.2 Å². The van der Waals surface area contributed by atoms with Gasteiger partial charge in [-0.15, -0.1) is 13.2 Å². The van der Waals surface area contributed by atoms with E-state index >= 15 is 0 Å². The molecular formula is C22H23F3N2O4S. The molecule has 0 saturated carbocycles. The minimum Gasteiger partial charge on any atom is -0.406 e. The van der Waals surface area contributed by atoms with Crippen LogP contribution in [0.1, 0.15) is 17.5 Å². The predicted octanol–water partition coefficient (Wildman–Crippen LogP) is 3.83. The largest absolute Gasteiger partial charge is 0.573 e. The Morgan fingerprint density at radius 1 is 0.969 bits per heavy atom. The molecule has 1 fully saturated rings. The maximum Gasteiger partial charge on any atom is 0.573 e. The average Bonchev–Trinajstić information content (AvgIpc) is 2.99. The average molecular weight is 468 g/mol. The fraction of sp³-hybridized carbons (Fsp3) is 0.318. The van der Waals surface area contributed by atoms with Gasteiger partial charge in [-0.05, 0) is 49.2 Å². The van der Waals surface area contributed by atoms with Crippen LogP contribution in [0, 0.1) is 6.92 Å². The van der Waals surface area contributed by atoms with E-state index in [0.29, 0.717) is 25.1 Å². The first-order chi connectivity index (χ1) is 15.0. The molecule has 2 aromatic carbocycles. The highest BCUT2D eigenvalue weighted by atomic mass is 32.2. The SMILES string of the molecule is Cc1ccc(S(=O)(=O)N2CCCN(C(=O)/C=C/c3ccc(OC(F)(F)F)cc3)CC2)cc1. The number of sulfonamides is 1. The highest BCUT2D eigenvalue weighted by Crippen LogP contribution is 2.23. The number of benzene rings is 2. The van der Waals surface area contributed by atoms with Gasteiger partial charge in [0.25, 0.3) is 0 Å². The van der Waals surface area contributed by atoms with Crippen molar-refractivity contribution >= 4 is 22.0 Å². The van der Waals surface area contributed by atoms with Gasteiger partial charge in [0, 0.05) is 32.3 Å². The summed E-state index contributed by atoms with van der Waals surface area (Å²) in [6.07, 6.45) is -1.45. The summed E-state index contributed by atoms with van der Waals surface area (Å²) in [4.78, 5) is 14.3. The minimum atomic E-state index is -4.76. The number of halogens is 3. The fourth-order valence-corrected chi connectivity index (χ4v) is 4.74. The van der Waals surface area contributed by atoms with Crippen molar-refractivity contribution in [1.82, 2.24) is 9.21 Å². The first-order valence-electron chi connectivity index (χ1n) is 9.94. The molecule has 0 bridgehead atoms. The van der Waals surface area contributed by atoms with Crippen LogP contribution < -0.4 is 4.74 Å². The number of carbonyl (C=O) groups excluding carboxylic acids is 1. The zero-order valence-corrected chi connectivity index (χ0v) is 18.2. The van der Waals surface area contributed by atoms with E-state index in [1.165, 1.54) is 28.6 Å². The molecule has 32 heavy (non-hydrogen) atoms. The van der Waals surface area contributed by atoms with Crippen molar-refractivity contribution < 1.29 is 31.1 Å². The number of nitrogens with zero attached hydrogens (tertiary/aromatic N) is 2. The lowest BCUT2D eigenvalue weighted by Gasteiger charge is -2.21. The van der Waals surface area contributed by atoms with Crippen LogP contribution >= 0.6 is 0 Å². The second-order valence-corrected chi connectivity index (χ2v) is 9.28. The highest BCUT2D eigenvalue weighted by molar-refractivity contribution is 7.89. The van der Waals surface area contributed by atoms with Gasteiger partial charge < -0.3 is 9.64 Å². The van der Waals surface area contributed by atoms with Crippen LogP contribution in [0.5, 0.6) is 5.75 Å². The van der Waals surface area contributed by atoms with Gasteiger partial charge in [0.1, 0.15) is 5.75 Å². The first-order valence-corrected chi connectivity index (χ1v) is 11.4. The Morgan fingerprint density at radius 2 is 1.62 bits per heavy atom. The topological polar surface area (TPSA) is 66.9 Å². The second-order valence-electron chi connectivity index (χ2n) is 7.35. The molecule has 2 aromatic rings. The van der Waals surface area contributed by atoms with E-state index in [0.717, 1.165) is 17.7 Å². The van der Waals surface area contributed by atoms with Gasteiger partial charge in [-0.1, -0.05) is 29.8 Å². The Hall–Kier alpha value is -2.85. The molecule has 6 nitrogen and oxygen atoms in total. The molecule has 10 heteroatoms. The van der Waals surface area contributed by atoms with Crippen LogP contribution in [0.2, 0.25) is 0 Å². The molecule has 0 aliphatic carbocycles. The van der Waals surface area contributed by atoms with Gasteiger partial charge in [-0.25, -0.2) is 8.42 Å². The van der Waals surface area contributed by atoms with E-state index in [1.807, 2.05) is 6.92 Å². The lowest BCUT2D eigenvalue weighted by atomic mass is 10.2. The summed E-state index contributed by atoms with van der Waals surface area (Å²) in [7, 11) is -3.64. The van der Waals surface area contributed by atoms with Gasteiger partial charge in [0.15, 0.2) is 0 Å². The van der Waals surface area contributed by atoms with Crippen molar-refractivity contribution in [2.75, 3.05) is 26.2 Å². The van der Waals surface area contributed by atoms with Crippen LogP contribution in [0.4, 0.5) is 13.2 Å². The summed E-state index contributed by atoms with van der Waals surface area (Å²) in [6, 6.07) is 11.8. The Morgan fingerprint density at radius 3 is 2.25 bits per heavy atom. The number of amides is 1. The van der Waals surface area contributed by atoms with E-state index in [-0.39, 0.29) is 29.6 Å². The Bertz CT molecular complexity index is 1070. The van der Waals surface area contributed by atoms with Gasteiger partial charge in [0.2, 0.25) is 15.9 Å². The van der Waals surface area contributed by atoms with Crippen LogP contribution in [0.15, 0.2) is 59.5 Å². The van der Waals surface area contributed by atoms with Crippen molar-refractivity contribution in [2.24, 2.45) is 0 Å². The molecule has 0 spiro atoms. The smallest absolute Gasteiger partial charge is 0.406 e. The summed E-state index contributed by atoms with van der Waals surface area (Å²) in [6.45, 7) is 3.02. The van der Waals surface area contributed by atoms with Crippen molar-refractivity contribution in [3.05, 3.63) is 65.7 Å². The molecule has 1 saturated heterocycles. The molecule has 1 amide bonds. The zero-order chi connectivity index (χ0) is 23.4. The third-order valence-corrected chi connectivity index (χ3v) is 6.87. The maximum absolute atomic E-state index is 12.9. The summed E-state index contributed by atoms with van der Waals surface area (Å²) in [5.41, 5.74) is 1.50. The van der Waals surface area contributed by atoms with Crippen LogP contribution in [0.3, 0.4) is 0 Å². The number of carbonyl (C=O) groups is 1. The number of alkyl halides is 3. The van der Waals surface area contributed by atoms with Gasteiger partial charge in [-0.2, -0.15) is 4.31 Å². The Labute approximate surface area is 184 Å². The molecule has 0 radical (unpaired) electrons. The molecule has 0 atom stereocenters. The third-order valence-electron chi connectivity index (χ3n) is 4.96. The molecule has 0 N–H and O–H groups in total. The number of rotatable bonds is 5. The highest BCUT2D eigenvalue weighted by Gasteiger charge is 2.31. The van der Waals surface area contributed by atoms with Crippen molar-refractivity contribution in [1.29, 1.82) is 0 Å². The minimum absolute atomic E-state index is 0.180. The zero-order valence-electron chi connectivity index (χ0n) is 17.4. The van der Waals surface area contributed by atoms with E-state index in [9.17, 15) is 26.4 Å². The molecule has 1 aliphatic rings. The van der Waals surface area contributed by atoms with Crippen molar-refractivity contribution in [2.45, 2.75) is 24.6 Å². The van der Waals surface area contributed by atoms with Gasteiger partial charge in [0.05, 0.1) is 4.90 Å². The lowest BCUT2D eigenvalue weighted by molar-refractivity contribution is -0.274. The first kappa shape index (κ1) is 23.8. The summed E-state index contributed by atoms with van der Waals surface area (Å²) < 4.78 is 67.6. The lowest BCUT2D eigenvalue weighted by Crippen LogP contribution is -2.36. The third kappa shape index (κ3) is 6.33. The molecule has 172 valence electrons. The standard InChI is InChI=1S/C22H23F3N2O4S/c1-17-3-10-20(11-4-17)32(29,30)27-14-2-13-26(15-16-27)21(28)12-7-18-5-8-19(9-6-18)31-22(23,24)25/h3-12H,2,13-16H2,1H3/b12-7+. The van der Waals surface area contributed by atoms with Gasteiger partial charge >= 0.3 is 6.36 Å². The number of ether oxygens (including phenoxy) is 1. The number of hydrogen-bond acceptors (Lipinski definition) is 4. The van der Waals surface area contributed by atoms with Gasteiger partial charge in [-0.3, -0.25) is 4.79 Å². The fourth-order valence-electron chi connectivity index (χ4n) is 3.27. The predicted molar refractivity (Wildman–Crippen MR) is 113 cm³/mol. The summed E-state index contributed by atoms with van der Waals surface area (Å²) in [5.74, 6) is -0.640. The summed E-state index contributed by atoms with van der Waals surface area (Å²) in [5, 5.41) is 0.